The number of imide groups is 1. The summed E-state index contributed by atoms with van der Waals surface area (Å²) in [5, 5.41) is 2.79. The summed E-state index contributed by atoms with van der Waals surface area (Å²) in [6.07, 6.45) is 5.19. The Bertz CT molecular complexity index is 753. The van der Waals surface area contributed by atoms with Gasteiger partial charge in [-0.15, -0.1) is 0 Å². The van der Waals surface area contributed by atoms with Gasteiger partial charge in [0.25, 0.3) is 0 Å². The van der Waals surface area contributed by atoms with Gasteiger partial charge < -0.3 is 5.32 Å². The van der Waals surface area contributed by atoms with E-state index in [4.69, 9.17) is 0 Å². The number of nitrogens with one attached hydrogen (secondary N) is 1. The lowest BCUT2D eigenvalue weighted by atomic mass is 9.85. The summed E-state index contributed by atoms with van der Waals surface area (Å²) in [6, 6.07) is 7.21. The molecular weight excluding hydrogens is 328 g/mol. The maximum atomic E-state index is 13.1. The van der Waals surface area contributed by atoms with Gasteiger partial charge in [-0.3, -0.25) is 19.3 Å². The zero-order valence-electron chi connectivity index (χ0n) is 15.1. The molecular formula is C21H24N2O3. The lowest BCUT2D eigenvalue weighted by molar-refractivity contribution is -0.144. The molecule has 1 aromatic rings. The maximum Gasteiger partial charge on any atom is 0.234 e. The van der Waals surface area contributed by atoms with E-state index in [0.29, 0.717) is 6.54 Å². The van der Waals surface area contributed by atoms with Crippen LogP contribution in [0.15, 0.2) is 36.4 Å². The van der Waals surface area contributed by atoms with E-state index >= 15 is 0 Å². The van der Waals surface area contributed by atoms with E-state index in [-0.39, 0.29) is 47.8 Å². The highest BCUT2D eigenvalue weighted by molar-refractivity contribution is 6.07. The van der Waals surface area contributed by atoms with Crippen LogP contribution in [0.3, 0.4) is 0 Å². The topological polar surface area (TPSA) is 66.5 Å². The number of carbonyl (C=O) groups is 3. The summed E-state index contributed by atoms with van der Waals surface area (Å²) in [6.45, 7) is 4.38. The van der Waals surface area contributed by atoms with Crippen LogP contribution in [0.2, 0.25) is 0 Å². The van der Waals surface area contributed by atoms with E-state index in [9.17, 15) is 14.4 Å². The summed E-state index contributed by atoms with van der Waals surface area (Å²) >= 11 is 0. The molecule has 3 aliphatic rings. The van der Waals surface area contributed by atoms with Crippen molar-refractivity contribution in [1.82, 2.24) is 10.2 Å². The molecule has 1 N–H and O–H groups in total. The summed E-state index contributed by atoms with van der Waals surface area (Å²) < 4.78 is 0. The minimum atomic E-state index is -0.535. The van der Waals surface area contributed by atoms with Crippen molar-refractivity contribution in [3.05, 3.63) is 47.5 Å². The Balaban J connectivity index is 1.67. The quantitative estimate of drug-likeness (QED) is 0.653. The lowest BCUT2D eigenvalue weighted by Crippen LogP contribution is -2.39. The molecule has 5 unspecified atom stereocenters. The molecule has 2 aliphatic carbocycles. The maximum absolute atomic E-state index is 13.1. The molecule has 1 aromatic carbocycles. The molecule has 5 atom stereocenters. The first kappa shape index (κ1) is 17.0. The van der Waals surface area contributed by atoms with Crippen LogP contribution < -0.4 is 5.32 Å². The second kappa shape index (κ2) is 6.38. The highest BCUT2D eigenvalue weighted by Crippen LogP contribution is 2.54. The van der Waals surface area contributed by atoms with Crippen LogP contribution in [-0.4, -0.2) is 29.2 Å². The molecule has 3 amide bonds. The van der Waals surface area contributed by atoms with Crippen LogP contribution in [0.4, 0.5) is 0 Å². The van der Waals surface area contributed by atoms with Gasteiger partial charge in [0.1, 0.15) is 0 Å². The average Bonchev–Trinajstić information content (AvgIpc) is 3.29. The van der Waals surface area contributed by atoms with Gasteiger partial charge in [-0.1, -0.05) is 42.0 Å². The molecule has 2 bridgehead atoms. The number of hydrogen-bond acceptors (Lipinski definition) is 3. The number of allylic oxidation sites excluding steroid dienone is 2. The van der Waals surface area contributed by atoms with E-state index in [1.165, 1.54) is 4.90 Å². The predicted molar refractivity (Wildman–Crippen MR) is 96.8 cm³/mol. The molecule has 136 valence electrons. The van der Waals surface area contributed by atoms with Crippen LogP contribution in [0, 0.1) is 30.6 Å². The Morgan fingerprint density at radius 2 is 1.69 bits per heavy atom. The highest BCUT2D eigenvalue weighted by atomic mass is 16.2. The number of hydrogen-bond donors (Lipinski definition) is 1. The third-order valence-electron chi connectivity index (χ3n) is 6.03. The first-order valence-corrected chi connectivity index (χ1v) is 9.39. The Morgan fingerprint density at radius 3 is 2.23 bits per heavy atom. The molecule has 0 spiro atoms. The van der Waals surface area contributed by atoms with Crippen molar-refractivity contribution in [3.8, 4) is 0 Å². The number of aryl methyl sites for hydroxylation is 1. The molecule has 5 nitrogen and oxygen atoms in total. The number of fused-ring (bicyclic) bond motifs is 5. The molecule has 1 aliphatic heterocycles. The molecule has 4 rings (SSSR count). The fourth-order valence-corrected chi connectivity index (χ4v) is 4.82. The molecule has 5 heteroatoms. The summed E-state index contributed by atoms with van der Waals surface area (Å²) in [5.41, 5.74) is 1.94. The first-order chi connectivity index (χ1) is 12.5. The van der Waals surface area contributed by atoms with Gasteiger partial charge in [0.2, 0.25) is 17.7 Å². The van der Waals surface area contributed by atoms with E-state index in [2.05, 4.69) is 17.5 Å². The van der Waals surface area contributed by atoms with Gasteiger partial charge in [0, 0.05) is 6.54 Å². The van der Waals surface area contributed by atoms with Crippen LogP contribution >= 0.6 is 0 Å². The third-order valence-corrected chi connectivity index (χ3v) is 6.03. The van der Waals surface area contributed by atoms with E-state index in [1.807, 2.05) is 38.1 Å². The molecule has 0 radical (unpaired) electrons. The van der Waals surface area contributed by atoms with Gasteiger partial charge in [-0.25, -0.2) is 0 Å². The van der Waals surface area contributed by atoms with Crippen LogP contribution in [0.1, 0.15) is 36.9 Å². The molecule has 1 saturated carbocycles. The fraction of sp³-hybridized carbons (Fsp3) is 0.476. The van der Waals surface area contributed by atoms with Crippen LogP contribution in [0.25, 0.3) is 0 Å². The lowest BCUT2D eigenvalue weighted by Gasteiger charge is -2.28. The largest absolute Gasteiger partial charge is 0.356 e. The Hall–Kier alpha value is -2.43. The van der Waals surface area contributed by atoms with Crippen molar-refractivity contribution in [3.63, 3.8) is 0 Å². The minimum Gasteiger partial charge on any atom is -0.356 e. The van der Waals surface area contributed by atoms with Crippen molar-refractivity contribution in [1.29, 1.82) is 0 Å². The smallest absolute Gasteiger partial charge is 0.234 e. The molecule has 1 heterocycles. The number of amides is 3. The number of carbonyl (C=O) groups excluding carboxylic acids is 3. The van der Waals surface area contributed by atoms with Crippen molar-refractivity contribution in [2.24, 2.45) is 23.7 Å². The SMILES string of the molecule is CCNC(=O)CC(c1ccc(C)cc1)N1C(=O)C2C3C=CC(C3)C2C1=O. The zero-order valence-corrected chi connectivity index (χ0v) is 15.1. The van der Waals surface area contributed by atoms with Gasteiger partial charge in [-0.05, 0) is 37.7 Å². The minimum absolute atomic E-state index is 0.105. The molecule has 0 aromatic heterocycles. The van der Waals surface area contributed by atoms with Crippen molar-refractivity contribution in [2.75, 3.05) is 6.54 Å². The monoisotopic (exact) mass is 352 g/mol. The number of rotatable bonds is 5. The number of benzene rings is 1. The van der Waals surface area contributed by atoms with Crippen LogP contribution in [0.5, 0.6) is 0 Å². The van der Waals surface area contributed by atoms with Gasteiger partial charge in [0.05, 0.1) is 24.3 Å². The second-order valence-corrected chi connectivity index (χ2v) is 7.63. The van der Waals surface area contributed by atoms with Gasteiger partial charge in [0.15, 0.2) is 0 Å². The summed E-state index contributed by atoms with van der Waals surface area (Å²) in [5.74, 6) is -0.473. The Morgan fingerprint density at radius 1 is 1.12 bits per heavy atom. The van der Waals surface area contributed by atoms with Crippen LogP contribution in [-0.2, 0) is 14.4 Å². The number of likely N-dealkylation sites (tertiary alicyclic amines) is 1. The van der Waals surface area contributed by atoms with E-state index in [1.54, 1.807) is 0 Å². The molecule has 1 saturated heterocycles. The van der Waals surface area contributed by atoms with Crippen molar-refractivity contribution < 1.29 is 14.4 Å². The van der Waals surface area contributed by atoms with E-state index in [0.717, 1.165) is 17.5 Å². The average molecular weight is 352 g/mol. The van der Waals surface area contributed by atoms with Gasteiger partial charge in [-0.2, -0.15) is 0 Å². The summed E-state index contributed by atoms with van der Waals surface area (Å²) in [7, 11) is 0. The van der Waals surface area contributed by atoms with Gasteiger partial charge >= 0.3 is 0 Å². The summed E-state index contributed by atoms with van der Waals surface area (Å²) in [4.78, 5) is 40.0. The molecule has 2 fully saturated rings. The standard InChI is InChI=1S/C21H24N2O3/c1-3-22-17(24)11-16(13-6-4-12(2)5-7-13)23-20(25)18-14-8-9-15(10-14)19(18)21(23)26/h4-9,14-16,18-19H,3,10-11H2,1-2H3,(H,22,24). The Kier molecular flexibility index (Phi) is 4.17. The third kappa shape index (κ3) is 2.57. The zero-order chi connectivity index (χ0) is 18.4. The van der Waals surface area contributed by atoms with E-state index < -0.39 is 6.04 Å². The molecule has 26 heavy (non-hydrogen) atoms. The number of nitrogens with zero attached hydrogens (tertiary/aromatic N) is 1. The van der Waals surface area contributed by atoms with Crippen molar-refractivity contribution >= 4 is 17.7 Å². The normalized spacial score (nSPS) is 30.0. The highest BCUT2D eigenvalue weighted by Gasteiger charge is 2.60. The second-order valence-electron chi connectivity index (χ2n) is 7.63. The fourth-order valence-electron chi connectivity index (χ4n) is 4.82. The predicted octanol–water partition coefficient (Wildman–Crippen LogP) is 2.37. The first-order valence-electron chi connectivity index (χ1n) is 9.39. The Labute approximate surface area is 153 Å². The van der Waals surface area contributed by atoms with Crippen molar-refractivity contribution in [2.45, 2.75) is 32.7 Å².